The third-order valence-corrected chi connectivity index (χ3v) is 3.87. The van der Waals surface area contributed by atoms with Crippen LogP contribution in [-0.4, -0.2) is 22.3 Å². The zero-order valence-corrected chi connectivity index (χ0v) is 10.9. The van der Waals surface area contributed by atoms with Crippen LogP contribution in [0.1, 0.15) is 11.3 Å². The second-order valence-electron chi connectivity index (χ2n) is 5.12. The Morgan fingerprint density at radius 2 is 1.95 bits per heavy atom. The Labute approximate surface area is 116 Å². The minimum absolute atomic E-state index is 0.196. The Morgan fingerprint density at radius 3 is 2.85 bits per heavy atom. The molecule has 0 saturated carbocycles. The minimum atomic E-state index is -0.196. The van der Waals surface area contributed by atoms with E-state index in [2.05, 4.69) is 34.0 Å². The summed E-state index contributed by atoms with van der Waals surface area (Å²) in [5.74, 6) is -0.196. The number of aromatic amines is 1. The van der Waals surface area contributed by atoms with E-state index in [9.17, 15) is 4.39 Å². The highest BCUT2D eigenvalue weighted by molar-refractivity contribution is 5.93. The minimum Gasteiger partial charge on any atom is -0.350 e. The highest BCUT2D eigenvalue weighted by Crippen LogP contribution is 2.25. The molecule has 0 spiro atoms. The van der Waals surface area contributed by atoms with Gasteiger partial charge in [0.1, 0.15) is 11.5 Å². The summed E-state index contributed by atoms with van der Waals surface area (Å²) < 4.78 is 15.4. The first-order chi connectivity index (χ1) is 9.81. The molecule has 2 aromatic carbocycles. The quantitative estimate of drug-likeness (QED) is 0.648. The smallest absolute Gasteiger partial charge is 0.208 e. The van der Waals surface area contributed by atoms with Crippen LogP contribution in [0, 0.1) is 5.82 Å². The number of rotatable bonds is 1. The predicted octanol–water partition coefficient (Wildman–Crippen LogP) is 3.63. The first-order valence-corrected chi connectivity index (χ1v) is 6.78. The fourth-order valence-electron chi connectivity index (χ4n) is 2.91. The van der Waals surface area contributed by atoms with E-state index in [0.717, 1.165) is 29.9 Å². The van der Waals surface area contributed by atoms with Gasteiger partial charge in [0, 0.05) is 29.5 Å². The van der Waals surface area contributed by atoms with Crippen LogP contribution in [-0.2, 0) is 6.42 Å². The average molecular weight is 265 g/mol. The molecule has 1 aliphatic heterocycles. The van der Waals surface area contributed by atoms with Crippen molar-refractivity contribution in [2.24, 2.45) is 0 Å². The maximum absolute atomic E-state index is 13.3. The highest BCUT2D eigenvalue weighted by atomic mass is 19.1. The van der Waals surface area contributed by atoms with Crippen LogP contribution >= 0.6 is 0 Å². The lowest BCUT2D eigenvalue weighted by Crippen LogP contribution is -2.18. The summed E-state index contributed by atoms with van der Waals surface area (Å²) in [5, 5.41) is 1.29. The number of nitrogens with zero attached hydrogens (tertiary/aromatic N) is 1. The summed E-state index contributed by atoms with van der Waals surface area (Å²) in [6.45, 7) is 0.873. The van der Waals surface area contributed by atoms with E-state index in [4.69, 9.17) is 0 Å². The number of H-pyrrole nitrogens is 1. The van der Waals surface area contributed by atoms with Crippen molar-refractivity contribution < 1.29 is 8.97 Å². The van der Waals surface area contributed by atoms with Gasteiger partial charge in [-0.05, 0) is 17.7 Å². The molecule has 1 aromatic heterocycles. The van der Waals surface area contributed by atoms with Gasteiger partial charge in [-0.1, -0.05) is 24.3 Å². The lowest BCUT2D eigenvalue weighted by Gasteiger charge is -2.09. The lowest BCUT2D eigenvalue weighted by molar-refractivity contribution is -0.436. The van der Waals surface area contributed by atoms with Crippen molar-refractivity contribution >= 4 is 22.8 Å². The molecular formula is C17H14FN2+. The van der Waals surface area contributed by atoms with Gasteiger partial charge in [0.25, 0.3) is 0 Å². The van der Waals surface area contributed by atoms with E-state index in [-0.39, 0.29) is 5.82 Å². The van der Waals surface area contributed by atoms with Crippen molar-refractivity contribution in [3.8, 4) is 0 Å². The van der Waals surface area contributed by atoms with Crippen molar-refractivity contribution in [2.75, 3.05) is 6.54 Å². The Bertz CT molecular complexity index is 830. The molecule has 0 unspecified atom stereocenters. The van der Waals surface area contributed by atoms with Crippen LogP contribution < -0.4 is 0 Å². The number of para-hydroxylation sites is 1. The molecule has 0 fully saturated rings. The molecule has 0 amide bonds. The molecular weight excluding hydrogens is 251 g/mol. The van der Waals surface area contributed by atoms with Crippen molar-refractivity contribution in [3.63, 3.8) is 0 Å². The van der Waals surface area contributed by atoms with Crippen molar-refractivity contribution in [2.45, 2.75) is 6.42 Å². The van der Waals surface area contributed by atoms with E-state index < -0.39 is 0 Å². The monoisotopic (exact) mass is 265 g/mol. The number of hydrogen-bond acceptors (Lipinski definition) is 0. The van der Waals surface area contributed by atoms with Crippen molar-refractivity contribution in [3.05, 3.63) is 65.6 Å². The Hall–Kier alpha value is -2.42. The number of fused-ring (bicyclic) bond motifs is 3. The molecule has 1 aliphatic rings. The summed E-state index contributed by atoms with van der Waals surface area (Å²) in [5.41, 5.74) is 4.54. The highest BCUT2D eigenvalue weighted by Gasteiger charge is 2.21. The first kappa shape index (κ1) is 11.4. The van der Waals surface area contributed by atoms with E-state index in [0.29, 0.717) is 0 Å². The molecule has 0 bridgehead atoms. The second kappa shape index (κ2) is 4.30. The van der Waals surface area contributed by atoms with Crippen LogP contribution in [0.3, 0.4) is 0 Å². The maximum atomic E-state index is 13.3. The van der Waals surface area contributed by atoms with Crippen LogP contribution in [0.4, 0.5) is 10.1 Å². The molecule has 0 saturated heterocycles. The average Bonchev–Trinajstić information content (AvgIpc) is 2.85. The van der Waals surface area contributed by atoms with Crippen LogP contribution in [0.2, 0.25) is 0 Å². The molecule has 3 heteroatoms. The number of halogens is 1. The number of benzene rings is 2. The van der Waals surface area contributed by atoms with Gasteiger partial charge in [0.15, 0.2) is 12.8 Å². The number of nitrogens with one attached hydrogen (secondary N) is 1. The Morgan fingerprint density at radius 1 is 1.05 bits per heavy atom. The van der Waals surface area contributed by atoms with Gasteiger partial charge in [-0.25, -0.2) is 4.39 Å². The fourth-order valence-corrected chi connectivity index (χ4v) is 2.91. The SMILES string of the molecule is Fc1cccc([N+]2=Cc3[nH]c4ccccc4c3CC2)c1. The third kappa shape index (κ3) is 1.74. The molecule has 3 aromatic rings. The topological polar surface area (TPSA) is 18.8 Å². The molecule has 2 heterocycles. The zero-order chi connectivity index (χ0) is 13.5. The summed E-state index contributed by atoms with van der Waals surface area (Å²) in [4.78, 5) is 3.44. The van der Waals surface area contributed by atoms with Crippen LogP contribution in [0.25, 0.3) is 10.9 Å². The van der Waals surface area contributed by atoms with Crippen molar-refractivity contribution in [1.82, 2.24) is 4.98 Å². The summed E-state index contributed by atoms with van der Waals surface area (Å²) >= 11 is 0. The summed E-state index contributed by atoms with van der Waals surface area (Å²) in [6.07, 6.45) is 3.04. The number of hydrogen-bond donors (Lipinski definition) is 1. The van der Waals surface area contributed by atoms with E-state index in [1.165, 1.54) is 17.0 Å². The zero-order valence-electron chi connectivity index (χ0n) is 10.9. The van der Waals surface area contributed by atoms with Crippen LogP contribution in [0.5, 0.6) is 0 Å². The number of aromatic nitrogens is 1. The molecule has 20 heavy (non-hydrogen) atoms. The van der Waals surface area contributed by atoms with Gasteiger partial charge < -0.3 is 4.98 Å². The van der Waals surface area contributed by atoms with E-state index >= 15 is 0 Å². The van der Waals surface area contributed by atoms with Crippen molar-refractivity contribution in [1.29, 1.82) is 0 Å². The van der Waals surface area contributed by atoms with Gasteiger partial charge in [0.05, 0.1) is 0 Å². The van der Waals surface area contributed by atoms with Crippen LogP contribution in [0.15, 0.2) is 48.5 Å². The lowest BCUT2D eigenvalue weighted by atomic mass is 10.1. The Balaban J connectivity index is 1.86. The van der Waals surface area contributed by atoms with Gasteiger partial charge in [-0.15, -0.1) is 0 Å². The fraction of sp³-hybridized carbons (Fsp3) is 0.118. The molecule has 4 rings (SSSR count). The normalized spacial score (nSPS) is 14.2. The van der Waals surface area contributed by atoms with Gasteiger partial charge in [-0.3, -0.25) is 0 Å². The molecule has 0 radical (unpaired) electrons. The standard InChI is InChI=1S/C17H13FN2/c18-12-4-3-5-13(10-12)20-9-8-15-14-6-1-2-7-16(14)19-17(15)11-20/h1-7,10-11H,8-9H2/p+1. The molecule has 2 nitrogen and oxygen atoms in total. The maximum Gasteiger partial charge on any atom is 0.208 e. The molecule has 0 atom stereocenters. The second-order valence-corrected chi connectivity index (χ2v) is 5.12. The van der Waals surface area contributed by atoms with E-state index in [1.807, 2.05) is 12.1 Å². The predicted molar refractivity (Wildman–Crippen MR) is 78.4 cm³/mol. The Kier molecular flexibility index (Phi) is 2.46. The first-order valence-electron chi connectivity index (χ1n) is 6.78. The summed E-state index contributed by atoms with van der Waals surface area (Å²) in [6, 6.07) is 15.1. The summed E-state index contributed by atoms with van der Waals surface area (Å²) in [7, 11) is 0. The van der Waals surface area contributed by atoms with Gasteiger partial charge in [0.2, 0.25) is 5.69 Å². The van der Waals surface area contributed by atoms with E-state index in [1.54, 1.807) is 12.1 Å². The van der Waals surface area contributed by atoms with Gasteiger partial charge in [-0.2, -0.15) is 4.58 Å². The molecule has 98 valence electrons. The molecule has 1 N–H and O–H groups in total. The third-order valence-electron chi connectivity index (χ3n) is 3.87. The van der Waals surface area contributed by atoms with Gasteiger partial charge >= 0.3 is 0 Å². The molecule has 0 aliphatic carbocycles. The largest absolute Gasteiger partial charge is 0.350 e.